The molecule has 0 saturated heterocycles. The zero-order valence-corrected chi connectivity index (χ0v) is 13.2. The molecule has 3 rings (SSSR count). The molecule has 102 valence electrons. The number of thioether (sulfide) groups is 1. The van der Waals surface area contributed by atoms with Gasteiger partial charge in [-0.25, -0.2) is 0 Å². The van der Waals surface area contributed by atoms with Crippen LogP contribution in [0, 0.1) is 0 Å². The van der Waals surface area contributed by atoms with Gasteiger partial charge in [-0.15, -0.1) is 11.6 Å². The molecule has 0 fully saturated rings. The van der Waals surface area contributed by atoms with Gasteiger partial charge in [0.15, 0.2) is 0 Å². The Balaban J connectivity index is 2.08. The number of halogens is 2. The first-order chi connectivity index (χ1) is 9.79. The summed E-state index contributed by atoms with van der Waals surface area (Å²) in [5.74, 6) is 0.433. The van der Waals surface area contributed by atoms with Gasteiger partial charge in [-0.3, -0.25) is 0 Å². The third-order valence-electron chi connectivity index (χ3n) is 3.38. The number of hydrogen-bond acceptors (Lipinski definition) is 1. The fraction of sp³-hybridized carbons (Fsp3) is 0.176. The van der Waals surface area contributed by atoms with Gasteiger partial charge in [-0.2, -0.15) is 0 Å². The van der Waals surface area contributed by atoms with Crippen molar-refractivity contribution in [1.82, 2.24) is 0 Å². The summed E-state index contributed by atoms with van der Waals surface area (Å²) in [5.41, 5.74) is 1.02. The van der Waals surface area contributed by atoms with Gasteiger partial charge in [0.1, 0.15) is 0 Å². The largest absolute Gasteiger partial charge is 0.121 e. The van der Waals surface area contributed by atoms with Gasteiger partial charge >= 0.3 is 0 Å². The van der Waals surface area contributed by atoms with Crippen LogP contribution in [0.3, 0.4) is 0 Å². The zero-order chi connectivity index (χ0) is 13.9. The van der Waals surface area contributed by atoms with Crippen LogP contribution in [-0.4, -0.2) is 0 Å². The summed E-state index contributed by atoms with van der Waals surface area (Å²) in [6.07, 6.45) is 8.87. The van der Waals surface area contributed by atoms with Crippen molar-refractivity contribution in [3.8, 4) is 0 Å². The molecule has 1 aliphatic rings. The Bertz CT molecular complexity index is 701. The highest BCUT2D eigenvalue weighted by atomic mass is 35.5. The Hall–Kier alpha value is -0.890. The quantitative estimate of drug-likeness (QED) is 0.577. The van der Waals surface area contributed by atoms with E-state index in [1.54, 1.807) is 11.8 Å². The minimum atomic E-state index is 0.433. The van der Waals surface area contributed by atoms with Crippen molar-refractivity contribution in [3.05, 3.63) is 64.1 Å². The molecule has 3 heteroatoms. The lowest BCUT2D eigenvalue weighted by Gasteiger charge is -2.13. The molecule has 0 nitrogen and oxygen atoms in total. The average molecular weight is 321 g/mol. The third-order valence-corrected chi connectivity index (χ3v) is 5.27. The van der Waals surface area contributed by atoms with E-state index in [4.69, 9.17) is 23.2 Å². The lowest BCUT2D eigenvalue weighted by atomic mass is 10.1. The highest BCUT2D eigenvalue weighted by Crippen LogP contribution is 2.40. The van der Waals surface area contributed by atoms with Crippen LogP contribution in [-0.2, 0) is 5.88 Å². The molecule has 2 aromatic carbocycles. The molecule has 0 aliphatic heterocycles. The van der Waals surface area contributed by atoms with Crippen molar-refractivity contribution in [1.29, 1.82) is 0 Å². The van der Waals surface area contributed by atoms with Crippen molar-refractivity contribution in [2.24, 2.45) is 0 Å². The highest BCUT2D eigenvalue weighted by molar-refractivity contribution is 8.03. The molecular weight excluding hydrogens is 307 g/mol. The molecule has 0 N–H and O–H groups in total. The first kappa shape index (κ1) is 14.1. The summed E-state index contributed by atoms with van der Waals surface area (Å²) in [7, 11) is 0. The van der Waals surface area contributed by atoms with Crippen molar-refractivity contribution in [3.63, 3.8) is 0 Å². The fourth-order valence-corrected chi connectivity index (χ4v) is 4.07. The van der Waals surface area contributed by atoms with E-state index in [-0.39, 0.29) is 0 Å². The molecule has 0 spiro atoms. The number of allylic oxidation sites excluding steroid dienone is 3. The standard InChI is InChI=1S/C17H14Cl2S/c18-11-15-14-9-5-4-6-12(14)10-16(17(15)19)20-13-7-2-1-3-8-13/h2,4-10H,1,3,11H2. The fourth-order valence-electron chi connectivity index (χ4n) is 2.37. The number of hydrogen-bond donors (Lipinski definition) is 0. The maximum atomic E-state index is 6.55. The van der Waals surface area contributed by atoms with Gasteiger partial charge in [0.25, 0.3) is 0 Å². The van der Waals surface area contributed by atoms with Crippen LogP contribution in [0.4, 0.5) is 0 Å². The molecule has 20 heavy (non-hydrogen) atoms. The average Bonchev–Trinajstić information content (AvgIpc) is 2.49. The van der Waals surface area contributed by atoms with E-state index in [0.717, 1.165) is 33.7 Å². The predicted molar refractivity (Wildman–Crippen MR) is 90.8 cm³/mol. The van der Waals surface area contributed by atoms with Gasteiger partial charge in [0, 0.05) is 15.7 Å². The topological polar surface area (TPSA) is 0 Å². The zero-order valence-electron chi connectivity index (χ0n) is 10.9. The Morgan fingerprint density at radius 2 is 2.00 bits per heavy atom. The molecule has 0 atom stereocenters. The molecule has 1 aliphatic carbocycles. The SMILES string of the molecule is ClCc1c(Cl)c(SC2=CCCC=C2)cc2ccccc12. The Labute approximate surface area is 133 Å². The second-order valence-corrected chi connectivity index (χ2v) is 6.47. The molecule has 0 saturated carbocycles. The van der Waals surface area contributed by atoms with Gasteiger partial charge in [-0.05, 0) is 35.2 Å². The number of alkyl halides is 1. The summed E-state index contributed by atoms with van der Waals surface area (Å²) >= 11 is 14.4. The summed E-state index contributed by atoms with van der Waals surface area (Å²) < 4.78 is 0. The Kier molecular flexibility index (Phi) is 4.40. The van der Waals surface area contributed by atoms with E-state index in [1.165, 1.54) is 10.3 Å². The molecule has 0 aromatic heterocycles. The van der Waals surface area contributed by atoms with E-state index in [2.05, 4.69) is 36.4 Å². The minimum absolute atomic E-state index is 0.433. The highest BCUT2D eigenvalue weighted by Gasteiger charge is 2.12. The molecule has 0 heterocycles. The van der Waals surface area contributed by atoms with E-state index in [9.17, 15) is 0 Å². The van der Waals surface area contributed by atoms with E-state index in [0.29, 0.717) is 5.88 Å². The van der Waals surface area contributed by atoms with E-state index < -0.39 is 0 Å². The van der Waals surface area contributed by atoms with Crippen LogP contribution in [0.2, 0.25) is 5.02 Å². The van der Waals surface area contributed by atoms with Crippen LogP contribution in [0.1, 0.15) is 18.4 Å². The third kappa shape index (κ3) is 2.76. The summed E-state index contributed by atoms with van der Waals surface area (Å²) in [4.78, 5) is 2.34. The van der Waals surface area contributed by atoms with Gasteiger partial charge in [0.2, 0.25) is 0 Å². The summed E-state index contributed by atoms with van der Waals surface area (Å²) in [5, 5.41) is 3.11. The monoisotopic (exact) mass is 320 g/mol. The molecular formula is C17H14Cl2S. The van der Waals surface area contributed by atoms with Crippen LogP contribution in [0.25, 0.3) is 10.8 Å². The molecule has 2 aromatic rings. The van der Waals surface area contributed by atoms with E-state index >= 15 is 0 Å². The van der Waals surface area contributed by atoms with Gasteiger partial charge < -0.3 is 0 Å². The summed E-state index contributed by atoms with van der Waals surface area (Å²) in [6.45, 7) is 0. The molecule has 0 bridgehead atoms. The van der Waals surface area contributed by atoms with Crippen LogP contribution >= 0.6 is 35.0 Å². The van der Waals surface area contributed by atoms with Crippen molar-refractivity contribution in [2.45, 2.75) is 23.6 Å². The summed E-state index contributed by atoms with van der Waals surface area (Å²) in [6, 6.07) is 10.4. The van der Waals surface area contributed by atoms with Crippen LogP contribution in [0.15, 0.2) is 58.4 Å². The first-order valence-electron chi connectivity index (χ1n) is 6.60. The number of rotatable bonds is 3. The lowest BCUT2D eigenvalue weighted by Crippen LogP contribution is -1.89. The normalized spacial score (nSPS) is 14.6. The molecule has 0 radical (unpaired) electrons. The Morgan fingerprint density at radius 3 is 2.75 bits per heavy atom. The minimum Gasteiger partial charge on any atom is -0.121 e. The molecule has 0 unspecified atom stereocenters. The predicted octanol–water partition coefficient (Wildman–Crippen LogP) is 6.56. The second kappa shape index (κ2) is 6.26. The van der Waals surface area contributed by atoms with Crippen molar-refractivity contribution in [2.75, 3.05) is 0 Å². The second-order valence-electron chi connectivity index (χ2n) is 4.71. The number of fused-ring (bicyclic) bond motifs is 1. The lowest BCUT2D eigenvalue weighted by molar-refractivity contribution is 1.03. The van der Waals surface area contributed by atoms with E-state index in [1.807, 2.05) is 12.1 Å². The van der Waals surface area contributed by atoms with Gasteiger partial charge in [0.05, 0.1) is 5.02 Å². The van der Waals surface area contributed by atoms with Crippen molar-refractivity contribution < 1.29 is 0 Å². The number of benzene rings is 2. The molecule has 0 amide bonds. The maximum Gasteiger partial charge on any atom is 0.0596 e. The smallest absolute Gasteiger partial charge is 0.0596 e. The van der Waals surface area contributed by atoms with Crippen LogP contribution < -0.4 is 0 Å². The van der Waals surface area contributed by atoms with Gasteiger partial charge in [-0.1, -0.05) is 65.9 Å². The maximum absolute atomic E-state index is 6.55. The first-order valence-corrected chi connectivity index (χ1v) is 8.33. The van der Waals surface area contributed by atoms with Crippen molar-refractivity contribution >= 4 is 45.7 Å². The van der Waals surface area contributed by atoms with Crippen LogP contribution in [0.5, 0.6) is 0 Å². The Morgan fingerprint density at radius 1 is 1.15 bits per heavy atom.